The lowest BCUT2D eigenvalue weighted by Crippen LogP contribution is -2.29. The first-order valence-electron chi connectivity index (χ1n) is 7.36. The number of aryl methyl sites for hydroxylation is 2. The molecule has 1 aromatic heterocycles. The zero-order valence-corrected chi connectivity index (χ0v) is 14.2. The van der Waals surface area contributed by atoms with Gasteiger partial charge in [-0.3, -0.25) is 4.68 Å². The third kappa shape index (κ3) is 3.40. The van der Waals surface area contributed by atoms with Crippen LogP contribution in [0.2, 0.25) is 0 Å². The van der Waals surface area contributed by atoms with Crippen molar-refractivity contribution in [1.29, 1.82) is 0 Å². The van der Waals surface area contributed by atoms with Crippen LogP contribution in [0.5, 0.6) is 0 Å². The van der Waals surface area contributed by atoms with Gasteiger partial charge < -0.3 is 5.32 Å². The maximum atomic E-state index is 4.51. The van der Waals surface area contributed by atoms with Crippen molar-refractivity contribution in [2.24, 2.45) is 12.5 Å². The molecule has 1 heterocycles. The number of rotatable bonds is 5. The highest BCUT2D eigenvalue weighted by atomic mass is 79.9. The van der Waals surface area contributed by atoms with Crippen molar-refractivity contribution in [3.8, 4) is 0 Å². The van der Waals surface area contributed by atoms with Crippen molar-refractivity contribution in [3.05, 3.63) is 15.9 Å². The van der Waals surface area contributed by atoms with Gasteiger partial charge in [0.15, 0.2) is 0 Å². The van der Waals surface area contributed by atoms with Gasteiger partial charge in [-0.2, -0.15) is 5.10 Å². The van der Waals surface area contributed by atoms with Crippen LogP contribution >= 0.6 is 15.9 Å². The average Bonchev–Trinajstić information content (AvgIpc) is 2.84. The fraction of sp³-hybridized carbons (Fsp3) is 0.800. The SMILES string of the molecule is CCCNC1CCC(C)(Cc2c(Br)c(C)nn2C)C1. The van der Waals surface area contributed by atoms with Gasteiger partial charge in [-0.25, -0.2) is 0 Å². The Balaban J connectivity index is 2.02. The predicted octanol–water partition coefficient (Wildman–Crippen LogP) is 3.59. The van der Waals surface area contributed by atoms with Crippen LogP contribution in [0.15, 0.2) is 4.47 Å². The molecule has 1 N–H and O–H groups in total. The molecule has 1 aliphatic carbocycles. The lowest BCUT2D eigenvalue weighted by Gasteiger charge is -2.24. The zero-order chi connectivity index (χ0) is 14.0. The van der Waals surface area contributed by atoms with Crippen molar-refractivity contribution in [3.63, 3.8) is 0 Å². The van der Waals surface area contributed by atoms with Crippen LogP contribution in [-0.4, -0.2) is 22.4 Å². The first-order chi connectivity index (χ1) is 8.95. The maximum Gasteiger partial charge on any atom is 0.0738 e. The Labute approximate surface area is 125 Å². The van der Waals surface area contributed by atoms with Crippen LogP contribution in [0.1, 0.15) is 50.9 Å². The molecule has 0 spiro atoms. The molecule has 2 rings (SSSR count). The van der Waals surface area contributed by atoms with Gasteiger partial charge in [0.05, 0.1) is 15.9 Å². The van der Waals surface area contributed by atoms with E-state index in [1.54, 1.807) is 0 Å². The standard InChI is InChI=1S/C15H26BrN3/c1-5-8-17-12-6-7-15(3,9-12)10-13-14(16)11(2)18-19(13)4/h12,17H,5-10H2,1-4H3. The summed E-state index contributed by atoms with van der Waals surface area (Å²) >= 11 is 3.69. The summed E-state index contributed by atoms with van der Waals surface area (Å²) in [6.07, 6.45) is 6.24. The summed E-state index contributed by atoms with van der Waals surface area (Å²) in [5.74, 6) is 0. The monoisotopic (exact) mass is 327 g/mol. The Morgan fingerprint density at radius 1 is 1.53 bits per heavy atom. The van der Waals surface area contributed by atoms with Crippen molar-refractivity contribution in [1.82, 2.24) is 15.1 Å². The summed E-state index contributed by atoms with van der Waals surface area (Å²) in [5.41, 5.74) is 2.85. The molecule has 2 atom stereocenters. The topological polar surface area (TPSA) is 29.9 Å². The number of halogens is 1. The van der Waals surface area contributed by atoms with E-state index < -0.39 is 0 Å². The second kappa shape index (κ2) is 5.96. The van der Waals surface area contributed by atoms with E-state index in [4.69, 9.17) is 0 Å². The van der Waals surface area contributed by atoms with E-state index in [1.807, 2.05) is 4.68 Å². The van der Waals surface area contributed by atoms with Crippen molar-refractivity contribution in [2.75, 3.05) is 6.54 Å². The minimum absolute atomic E-state index is 0.411. The molecule has 19 heavy (non-hydrogen) atoms. The van der Waals surface area contributed by atoms with Gasteiger partial charge in [0.25, 0.3) is 0 Å². The Morgan fingerprint density at radius 3 is 2.84 bits per heavy atom. The van der Waals surface area contributed by atoms with Gasteiger partial charge in [-0.05, 0) is 66.9 Å². The quantitative estimate of drug-likeness (QED) is 0.895. The molecule has 2 unspecified atom stereocenters. The molecule has 3 nitrogen and oxygen atoms in total. The summed E-state index contributed by atoms with van der Waals surface area (Å²) in [6.45, 7) is 7.87. The summed E-state index contributed by atoms with van der Waals surface area (Å²) in [7, 11) is 2.05. The fourth-order valence-electron chi connectivity index (χ4n) is 3.28. The minimum atomic E-state index is 0.411. The number of hydrogen-bond donors (Lipinski definition) is 1. The van der Waals surface area contributed by atoms with Crippen molar-refractivity contribution >= 4 is 15.9 Å². The molecular weight excluding hydrogens is 302 g/mol. The lowest BCUT2D eigenvalue weighted by molar-refractivity contribution is 0.313. The third-order valence-corrected chi connectivity index (χ3v) is 5.41. The summed E-state index contributed by atoms with van der Waals surface area (Å²) in [6, 6.07) is 0.707. The lowest BCUT2D eigenvalue weighted by atomic mass is 9.83. The van der Waals surface area contributed by atoms with Gasteiger partial charge in [0, 0.05) is 13.1 Å². The summed E-state index contributed by atoms with van der Waals surface area (Å²) in [4.78, 5) is 0. The minimum Gasteiger partial charge on any atom is -0.314 e. The maximum absolute atomic E-state index is 4.51. The molecule has 0 bridgehead atoms. The van der Waals surface area contributed by atoms with Gasteiger partial charge in [0.2, 0.25) is 0 Å². The van der Waals surface area contributed by atoms with Crippen LogP contribution in [0, 0.1) is 12.3 Å². The second-order valence-electron chi connectivity index (χ2n) is 6.35. The number of nitrogens with zero attached hydrogens (tertiary/aromatic N) is 2. The average molecular weight is 328 g/mol. The molecule has 1 fully saturated rings. The molecule has 0 aliphatic heterocycles. The van der Waals surface area contributed by atoms with Gasteiger partial charge >= 0.3 is 0 Å². The Morgan fingerprint density at radius 2 is 2.26 bits per heavy atom. The van der Waals surface area contributed by atoms with E-state index in [-0.39, 0.29) is 0 Å². The van der Waals surface area contributed by atoms with Crippen LogP contribution in [0.3, 0.4) is 0 Å². The van der Waals surface area contributed by atoms with E-state index >= 15 is 0 Å². The highest BCUT2D eigenvalue weighted by Crippen LogP contribution is 2.42. The largest absolute Gasteiger partial charge is 0.314 e. The van der Waals surface area contributed by atoms with Gasteiger partial charge in [-0.15, -0.1) is 0 Å². The molecule has 108 valence electrons. The van der Waals surface area contributed by atoms with E-state index in [2.05, 4.69) is 54.2 Å². The van der Waals surface area contributed by atoms with Crippen LogP contribution < -0.4 is 5.32 Å². The van der Waals surface area contributed by atoms with Gasteiger partial charge in [-0.1, -0.05) is 13.8 Å². The van der Waals surface area contributed by atoms with E-state index in [0.29, 0.717) is 11.5 Å². The fourth-order valence-corrected chi connectivity index (χ4v) is 3.76. The molecule has 4 heteroatoms. The zero-order valence-electron chi connectivity index (χ0n) is 12.6. The molecule has 0 saturated heterocycles. The number of nitrogens with one attached hydrogen (secondary N) is 1. The normalized spacial score (nSPS) is 27.1. The summed E-state index contributed by atoms with van der Waals surface area (Å²) < 4.78 is 3.23. The van der Waals surface area contributed by atoms with Crippen LogP contribution in [-0.2, 0) is 13.5 Å². The molecule has 1 aliphatic rings. The molecule has 0 amide bonds. The first kappa shape index (κ1) is 15.0. The number of hydrogen-bond acceptors (Lipinski definition) is 2. The first-order valence-corrected chi connectivity index (χ1v) is 8.16. The van der Waals surface area contributed by atoms with Crippen molar-refractivity contribution < 1.29 is 0 Å². The van der Waals surface area contributed by atoms with Crippen LogP contribution in [0.4, 0.5) is 0 Å². The smallest absolute Gasteiger partial charge is 0.0738 e. The third-order valence-electron chi connectivity index (χ3n) is 4.37. The van der Waals surface area contributed by atoms with Crippen LogP contribution in [0.25, 0.3) is 0 Å². The Kier molecular flexibility index (Phi) is 4.72. The van der Waals surface area contributed by atoms with E-state index in [1.165, 1.54) is 35.8 Å². The Bertz CT molecular complexity index is 441. The summed E-state index contributed by atoms with van der Waals surface area (Å²) in [5, 5.41) is 8.18. The molecule has 1 aromatic rings. The highest BCUT2D eigenvalue weighted by molar-refractivity contribution is 9.10. The van der Waals surface area contributed by atoms with Gasteiger partial charge in [0.1, 0.15) is 0 Å². The Hall–Kier alpha value is -0.350. The predicted molar refractivity (Wildman–Crippen MR) is 83.4 cm³/mol. The molecule has 0 aromatic carbocycles. The van der Waals surface area contributed by atoms with E-state index in [9.17, 15) is 0 Å². The highest BCUT2D eigenvalue weighted by Gasteiger charge is 2.36. The molecular formula is C15H26BrN3. The number of aromatic nitrogens is 2. The second-order valence-corrected chi connectivity index (χ2v) is 7.14. The van der Waals surface area contributed by atoms with Crippen molar-refractivity contribution in [2.45, 2.75) is 58.9 Å². The molecule has 0 radical (unpaired) electrons. The van der Waals surface area contributed by atoms with E-state index in [0.717, 1.165) is 18.7 Å². The molecule has 1 saturated carbocycles.